The van der Waals surface area contributed by atoms with Gasteiger partial charge in [-0.3, -0.25) is 4.68 Å². The van der Waals surface area contributed by atoms with Crippen LogP contribution >= 0.6 is 0 Å². The Morgan fingerprint density at radius 1 is 1.26 bits per heavy atom. The molecule has 0 aliphatic heterocycles. The van der Waals surface area contributed by atoms with Crippen molar-refractivity contribution >= 4 is 0 Å². The van der Waals surface area contributed by atoms with Crippen LogP contribution in [0.3, 0.4) is 0 Å². The summed E-state index contributed by atoms with van der Waals surface area (Å²) in [5, 5.41) is 8.20. The maximum absolute atomic E-state index is 4.59. The molecule has 1 rings (SSSR count). The Morgan fingerprint density at radius 2 is 2.05 bits per heavy atom. The third kappa shape index (κ3) is 5.35. The molecule has 110 valence electrons. The maximum Gasteiger partial charge on any atom is 0.0625 e. The minimum atomic E-state index is 0.823. The number of hydrogen-bond donors (Lipinski definition) is 1. The topological polar surface area (TPSA) is 29.9 Å². The average Bonchev–Trinajstić information content (AvgIpc) is 2.85. The summed E-state index contributed by atoms with van der Waals surface area (Å²) in [6.45, 7) is 11.9. The highest BCUT2D eigenvalue weighted by atomic mass is 15.3. The second kappa shape index (κ2) is 9.13. The summed E-state index contributed by atoms with van der Waals surface area (Å²) in [6.07, 6.45) is 6.31. The molecule has 0 amide bonds. The molecule has 0 aromatic carbocycles. The summed E-state index contributed by atoms with van der Waals surface area (Å²) in [4.78, 5) is 0. The Labute approximate surface area is 118 Å². The first-order chi connectivity index (χ1) is 9.24. The highest BCUT2D eigenvalue weighted by molar-refractivity contribution is 5.10. The van der Waals surface area contributed by atoms with Gasteiger partial charge < -0.3 is 5.32 Å². The molecule has 3 nitrogen and oxygen atoms in total. The summed E-state index contributed by atoms with van der Waals surface area (Å²) in [7, 11) is 0. The molecule has 0 bridgehead atoms. The van der Waals surface area contributed by atoms with Crippen LogP contribution in [0.2, 0.25) is 0 Å². The van der Waals surface area contributed by atoms with E-state index in [-0.39, 0.29) is 0 Å². The minimum Gasteiger partial charge on any atom is -0.311 e. The fourth-order valence-corrected chi connectivity index (χ4v) is 2.45. The van der Waals surface area contributed by atoms with Crippen LogP contribution in [0.15, 0.2) is 6.07 Å². The molecule has 0 aliphatic rings. The van der Waals surface area contributed by atoms with Crippen molar-refractivity contribution in [3.63, 3.8) is 0 Å². The second-order valence-electron chi connectivity index (χ2n) is 5.34. The quantitative estimate of drug-likeness (QED) is 0.698. The Bertz CT molecular complexity index is 344. The van der Waals surface area contributed by atoms with Crippen molar-refractivity contribution in [2.75, 3.05) is 6.54 Å². The van der Waals surface area contributed by atoms with Gasteiger partial charge in [0.1, 0.15) is 0 Å². The molecule has 1 unspecified atom stereocenters. The molecule has 0 fully saturated rings. The molecule has 0 saturated carbocycles. The van der Waals surface area contributed by atoms with Crippen molar-refractivity contribution in [3.8, 4) is 0 Å². The van der Waals surface area contributed by atoms with Crippen molar-refractivity contribution in [1.29, 1.82) is 0 Å². The molecule has 1 aromatic rings. The molecular formula is C16H31N3. The maximum atomic E-state index is 4.59. The van der Waals surface area contributed by atoms with E-state index in [2.05, 4.69) is 48.9 Å². The molecule has 1 atom stereocenters. The smallest absolute Gasteiger partial charge is 0.0625 e. The van der Waals surface area contributed by atoms with Crippen LogP contribution in [0.25, 0.3) is 0 Å². The third-order valence-corrected chi connectivity index (χ3v) is 3.86. The van der Waals surface area contributed by atoms with E-state index < -0.39 is 0 Å². The summed E-state index contributed by atoms with van der Waals surface area (Å²) in [5.74, 6) is 0.823. The van der Waals surface area contributed by atoms with Crippen LogP contribution in [0.4, 0.5) is 0 Å². The lowest BCUT2D eigenvalue weighted by Crippen LogP contribution is -2.23. The lowest BCUT2D eigenvalue weighted by atomic mass is 9.99. The zero-order valence-corrected chi connectivity index (χ0v) is 13.2. The van der Waals surface area contributed by atoms with Gasteiger partial charge in [0.15, 0.2) is 0 Å². The van der Waals surface area contributed by atoms with E-state index in [1.54, 1.807) is 0 Å². The molecule has 0 radical (unpaired) electrons. The van der Waals surface area contributed by atoms with E-state index in [1.807, 2.05) is 0 Å². The standard InChI is InChI=1S/C16H31N3/c1-5-9-10-14(6-2)12-17-13-16-11-15(7-3)18-19(16)8-4/h11,14,17H,5-10,12-13H2,1-4H3. The van der Waals surface area contributed by atoms with Gasteiger partial charge in [-0.1, -0.05) is 40.0 Å². The number of hydrogen-bond acceptors (Lipinski definition) is 2. The first-order valence-electron chi connectivity index (χ1n) is 8.01. The van der Waals surface area contributed by atoms with Gasteiger partial charge in [-0.25, -0.2) is 0 Å². The second-order valence-corrected chi connectivity index (χ2v) is 5.34. The number of unbranched alkanes of at least 4 members (excludes halogenated alkanes) is 1. The molecule has 19 heavy (non-hydrogen) atoms. The van der Waals surface area contributed by atoms with E-state index in [0.29, 0.717) is 0 Å². The average molecular weight is 265 g/mol. The van der Waals surface area contributed by atoms with Crippen molar-refractivity contribution in [1.82, 2.24) is 15.1 Å². The first-order valence-corrected chi connectivity index (χ1v) is 8.01. The van der Waals surface area contributed by atoms with Crippen molar-refractivity contribution in [3.05, 3.63) is 17.5 Å². The summed E-state index contributed by atoms with van der Waals surface area (Å²) >= 11 is 0. The Hall–Kier alpha value is -0.830. The molecule has 0 spiro atoms. The van der Waals surface area contributed by atoms with Crippen LogP contribution in [-0.4, -0.2) is 16.3 Å². The highest BCUT2D eigenvalue weighted by Gasteiger charge is 2.08. The molecule has 0 aliphatic carbocycles. The predicted molar refractivity (Wildman–Crippen MR) is 82.3 cm³/mol. The third-order valence-electron chi connectivity index (χ3n) is 3.86. The van der Waals surface area contributed by atoms with Crippen LogP contribution in [-0.2, 0) is 19.5 Å². The van der Waals surface area contributed by atoms with Gasteiger partial charge in [-0.2, -0.15) is 5.10 Å². The highest BCUT2D eigenvalue weighted by Crippen LogP contribution is 2.12. The number of nitrogens with zero attached hydrogens (tertiary/aromatic N) is 2. The van der Waals surface area contributed by atoms with Gasteiger partial charge in [-0.05, 0) is 38.3 Å². The summed E-state index contributed by atoms with van der Waals surface area (Å²) < 4.78 is 2.12. The van der Waals surface area contributed by atoms with Crippen LogP contribution in [0.5, 0.6) is 0 Å². The van der Waals surface area contributed by atoms with Crippen LogP contribution < -0.4 is 5.32 Å². The van der Waals surface area contributed by atoms with E-state index in [1.165, 1.54) is 37.1 Å². The predicted octanol–water partition coefficient (Wildman–Crippen LogP) is 3.77. The number of aryl methyl sites for hydroxylation is 2. The lowest BCUT2D eigenvalue weighted by Gasteiger charge is -2.15. The van der Waals surface area contributed by atoms with Crippen LogP contribution in [0.1, 0.15) is 64.8 Å². The molecule has 3 heteroatoms. The van der Waals surface area contributed by atoms with Crippen LogP contribution in [0, 0.1) is 5.92 Å². The zero-order valence-electron chi connectivity index (χ0n) is 13.2. The Balaban J connectivity index is 2.40. The SMILES string of the molecule is CCCCC(CC)CNCc1cc(CC)nn1CC. The molecular weight excluding hydrogens is 234 g/mol. The van der Waals surface area contributed by atoms with E-state index in [9.17, 15) is 0 Å². The Morgan fingerprint density at radius 3 is 2.63 bits per heavy atom. The van der Waals surface area contributed by atoms with Crippen molar-refractivity contribution < 1.29 is 0 Å². The number of nitrogens with one attached hydrogen (secondary N) is 1. The van der Waals surface area contributed by atoms with E-state index in [0.717, 1.165) is 32.0 Å². The molecule has 0 saturated heterocycles. The zero-order chi connectivity index (χ0) is 14.1. The van der Waals surface area contributed by atoms with Gasteiger partial charge in [-0.15, -0.1) is 0 Å². The van der Waals surface area contributed by atoms with Gasteiger partial charge in [0.25, 0.3) is 0 Å². The van der Waals surface area contributed by atoms with Crippen molar-refractivity contribution in [2.45, 2.75) is 72.9 Å². The first kappa shape index (κ1) is 16.2. The molecule has 1 aromatic heterocycles. The fourth-order valence-electron chi connectivity index (χ4n) is 2.45. The summed E-state index contributed by atoms with van der Waals surface area (Å²) in [6, 6.07) is 2.24. The van der Waals surface area contributed by atoms with E-state index in [4.69, 9.17) is 0 Å². The molecule has 1 N–H and O–H groups in total. The van der Waals surface area contributed by atoms with Gasteiger partial charge >= 0.3 is 0 Å². The van der Waals surface area contributed by atoms with Crippen molar-refractivity contribution in [2.24, 2.45) is 5.92 Å². The van der Waals surface area contributed by atoms with Gasteiger partial charge in [0, 0.05) is 13.1 Å². The largest absolute Gasteiger partial charge is 0.311 e. The number of aromatic nitrogens is 2. The van der Waals surface area contributed by atoms with Gasteiger partial charge in [0.05, 0.1) is 11.4 Å². The normalized spacial score (nSPS) is 12.8. The fraction of sp³-hybridized carbons (Fsp3) is 0.812. The Kier molecular flexibility index (Phi) is 7.80. The van der Waals surface area contributed by atoms with E-state index >= 15 is 0 Å². The number of rotatable bonds is 10. The molecule has 1 heterocycles. The lowest BCUT2D eigenvalue weighted by molar-refractivity contribution is 0.414. The monoisotopic (exact) mass is 265 g/mol. The summed E-state index contributed by atoms with van der Waals surface area (Å²) in [5.41, 5.74) is 2.53. The van der Waals surface area contributed by atoms with Gasteiger partial charge in [0.2, 0.25) is 0 Å². The minimum absolute atomic E-state index is 0.823.